The van der Waals surface area contributed by atoms with Crippen molar-refractivity contribution in [2.24, 2.45) is 0 Å². The van der Waals surface area contributed by atoms with Gasteiger partial charge in [0.25, 0.3) is 10.0 Å². The summed E-state index contributed by atoms with van der Waals surface area (Å²) in [7, 11) is -5.73. The maximum atomic E-state index is 12.8. The van der Waals surface area contributed by atoms with Gasteiger partial charge in [-0.05, 0) is 54.3 Å². The van der Waals surface area contributed by atoms with Gasteiger partial charge in [0.2, 0.25) is 10.0 Å². The van der Waals surface area contributed by atoms with Crippen molar-refractivity contribution in [1.82, 2.24) is 4.31 Å². The number of benzene rings is 2. The minimum atomic E-state index is -3.85. The molecule has 0 aromatic heterocycles. The average Bonchev–Trinajstić information content (AvgIpc) is 2.60. The van der Waals surface area contributed by atoms with Gasteiger partial charge in [-0.1, -0.05) is 12.1 Å². The smallest absolute Gasteiger partial charge is 0.265 e. The molecule has 0 aliphatic carbocycles. The largest absolute Gasteiger partial charge is 0.495 e. The summed E-state index contributed by atoms with van der Waals surface area (Å²) in [6.45, 7) is 2.46. The molecule has 7 nitrogen and oxygen atoms in total. The Morgan fingerprint density at radius 1 is 1.04 bits per heavy atom. The monoisotopic (exact) mass is 410 g/mol. The maximum absolute atomic E-state index is 12.8. The van der Waals surface area contributed by atoms with Crippen LogP contribution in [0.15, 0.2) is 41.3 Å². The van der Waals surface area contributed by atoms with E-state index in [9.17, 15) is 16.8 Å². The fraction of sp³-hybridized carbons (Fsp3) is 0.333. The molecular formula is C18H22N2O5S2. The Morgan fingerprint density at radius 2 is 1.78 bits per heavy atom. The third-order valence-electron chi connectivity index (χ3n) is 4.51. The summed E-state index contributed by atoms with van der Waals surface area (Å²) in [6, 6.07) is 10.1. The van der Waals surface area contributed by atoms with Crippen molar-refractivity contribution in [3.05, 3.63) is 53.1 Å². The van der Waals surface area contributed by atoms with Gasteiger partial charge in [-0.25, -0.2) is 16.8 Å². The lowest BCUT2D eigenvalue weighted by Crippen LogP contribution is -2.35. The predicted octanol–water partition coefficient (Wildman–Crippen LogP) is 2.12. The van der Waals surface area contributed by atoms with Gasteiger partial charge in [-0.3, -0.25) is 4.72 Å². The van der Waals surface area contributed by atoms with E-state index < -0.39 is 20.0 Å². The van der Waals surface area contributed by atoms with Crippen LogP contribution in [-0.2, 0) is 33.0 Å². The van der Waals surface area contributed by atoms with E-state index in [0.717, 1.165) is 16.7 Å². The van der Waals surface area contributed by atoms with E-state index in [4.69, 9.17) is 4.74 Å². The molecule has 0 amide bonds. The lowest BCUT2D eigenvalue weighted by atomic mass is 10.0. The topological polar surface area (TPSA) is 92.8 Å². The Balaban J connectivity index is 1.92. The summed E-state index contributed by atoms with van der Waals surface area (Å²) >= 11 is 0. The van der Waals surface area contributed by atoms with Crippen LogP contribution in [0.5, 0.6) is 5.75 Å². The molecule has 146 valence electrons. The molecule has 0 unspecified atom stereocenters. The standard InChI is InChI=1S/C18H22N2O5S2/c1-13-4-7-17(25-2)18(10-13)27(23,24)19-16-6-5-14-8-9-20(26(3,21)22)12-15(14)11-16/h4-7,10-11,19H,8-9,12H2,1-3H3. The number of nitrogens with one attached hydrogen (secondary N) is 1. The molecule has 1 heterocycles. The molecule has 2 aromatic rings. The second kappa shape index (κ2) is 7.14. The molecule has 1 aliphatic rings. The summed E-state index contributed by atoms with van der Waals surface area (Å²) in [4.78, 5) is 0.0560. The zero-order valence-corrected chi connectivity index (χ0v) is 17.0. The molecule has 1 aliphatic heterocycles. The number of methoxy groups -OCH3 is 1. The molecule has 0 atom stereocenters. The number of fused-ring (bicyclic) bond motifs is 1. The van der Waals surface area contributed by atoms with Gasteiger partial charge >= 0.3 is 0 Å². The summed E-state index contributed by atoms with van der Waals surface area (Å²) < 4.78 is 58.4. The van der Waals surface area contributed by atoms with E-state index in [2.05, 4.69) is 4.72 Å². The Kier molecular flexibility index (Phi) is 5.20. The summed E-state index contributed by atoms with van der Waals surface area (Å²) in [6.07, 6.45) is 1.77. The minimum Gasteiger partial charge on any atom is -0.495 e. The van der Waals surface area contributed by atoms with Crippen molar-refractivity contribution in [1.29, 1.82) is 0 Å². The molecule has 0 bridgehead atoms. The summed E-state index contributed by atoms with van der Waals surface area (Å²) in [5.41, 5.74) is 2.99. The van der Waals surface area contributed by atoms with Crippen LogP contribution in [-0.4, -0.2) is 41.1 Å². The van der Waals surface area contributed by atoms with E-state index in [0.29, 0.717) is 18.7 Å². The third-order valence-corrected chi connectivity index (χ3v) is 7.17. The van der Waals surface area contributed by atoms with Gasteiger partial charge in [-0.2, -0.15) is 4.31 Å². The van der Waals surface area contributed by atoms with Crippen LogP contribution in [0.2, 0.25) is 0 Å². The first-order valence-electron chi connectivity index (χ1n) is 8.34. The highest BCUT2D eigenvalue weighted by Crippen LogP contribution is 2.29. The number of hydrogen-bond acceptors (Lipinski definition) is 5. The molecule has 0 radical (unpaired) electrons. The molecular weight excluding hydrogens is 388 g/mol. The highest BCUT2D eigenvalue weighted by molar-refractivity contribution is 7.92. The fourth-order valence-corrected chi connectivity index (χ4v) is 5.18. The SMILES string of the molecule is COc1ccc(C)cc1S(=O)(=O)Nc1ccc2c(c1)CN(S(C)(=O)=O)CC2. The van der Waals surface area contributed by atoms with Gasteiger partial charge in [0.05, 0.1) is 13.4 Å². The number of nitrogens with zero attached hydrogens (tertiary/aromatic N) is 1. The van der Waals surface area contributed by atoms with E-state index in [-0.39, 0.29) is 17.2 Å². The van der Waals surface area contributed by atoms with Crippen LogP contribution in [0.3, 0.4) is 0 Å². The lowest BCUT2D eigenvalue weighted by Gasteiger charge is -2.27. The lowest BCUT2D eigenvalue weighted by molar-refractivity contribution is 0.395. The van der Waals surface area contributed by atoms with Gasteiger partial charge in [-0.15, -0.1) is 0 Å². The molecule has 0 fully saturated rings. The molecule has 9 heteroatoms. The normalized spacial score (nSPS) is 15.2. The second-order valence-electron chi connectivity index (χ2n) is 6.59. The Hall–Kier alpha value is -2.10. The van der Waals surface area contributed by atoms with E-state index in [1.807, 2.05) is 6.07 Å². The van der Waals surface area contributed by atoms with Gasteiger partial charge in [0.15, 0.2) is 0 Å². The third kappa shape index (κ3) is 4.26. The van der Waals surface area contributed by atoms with E-state index in [1.54, 1.807) is 37.3 Å². The van der Waals surface area contributed by atoms with Crippen LogP contribution in [0, 0.1) is 6.92 Å². The second-order valence-corrected chi connectivity index (χ2v) is 10.2. The summed E-state index contributed by atoms with van der Waals surface area (Å²) in [5, 5.41) is 0. The number of ether oxygens (including phenoxy) is 1. The van der Waals surface area contributed by atoms with Crippen molar-refractivity contribution in [2.75, 3.05) is 24.6 Å². The quantitative estimate of drug-likeness (QED) is 0.815. The first-order valence-corrected chi connectivity index (χ1v) is 11.7. The molecule has 3 rings (SSSR count). The fourth-order valence-electron chi connectivity index (χ4n) is 3.08. The minimum absolute atomic E-state index is 0.0560. The zero-order valence-electron chi connectivity index (χ0n) is 15.4. The highest BCUT2D eigenvalue weighted by atomic mass is 32.2. The average molecular weight is 411 g/mol. The van der Waals surface area contributed by atoms with E-state index >= 15 is 0 Å². The predicted molar refractivity (Wildman–Crippen MR) is 104 cm³/mol. The van der Waals surface area contributed by atoms with Gasteiger partial charge < -0.3 is 4.74 Å². The van der Waals surface area contributed by atoms with E-state index in [1.165, 1.54) is 17.7 Å². The molecule has 0 saturated heterocycles. The Bertz CT molecular complexity index is 1080. The molecule has 27 heavy (non-hydrogen) atoms. The van der Waals surface area contributed by atoms with Gasteiger partial charge in [0, 0.05) is 18.8 Å². The number of hydrogen-bond donors (Lipinski definition) is 1. The molecule has 0 saturated carbocycles. The van der Waals surface area contributed by atoms with Gasteiger partial charge in [0.1, 0.15) is 10.6 Å². The number of rotatable bonds is 5. The Labute approximate surface area is 160 Å². The molecule has 0 spiro atoms. The van der Waals surface area contributed by atoms with Crippen molar-refractivity contribution >= 4 is 25.7 Å². The van der Waals surface area contributed by atoms with Crippen molar-refractivity contribution in [3.63, 3.8) is 0 Å². The van der Waals surface area contributed by atoms with Crippen LogP contribution in [0.1, 0.15) is 16.7 Å². The number of sulfonamides is 2. The van der Waals surface area contributed by atoms with Crippen molar-refractivity contribution < 1.29 is 21.6 Å². The molecule has 1 N–H and O–H groups in total. The van der Waals surface area contributed by atoms with Crippen LogP contribution < -0.4 is 9.46 Å². The summed E-state index contributed by atoms with van der Waals surface area (Å²) in [5.74, 6) is 0.259. The first kappa shape index (κ1) is 19.7. The molecule has 2 aromatic carbocycles. The first-order chi connectivity index (χ1) is 12.6. The highest BCUT2D eigenvalue weighted by Gasteiger charge is 2.24. The van der Waals surface area contributed by atoms with Crippen LogP contribution in [0.4, 0.5) is 5.69 Å². The Morgan fingerprint density at radius 3 is 2.44 bits per heavy atom. The number of aryl methyl sites for hydroxylation is 1. The van der Waals surface area contributed by atoms with Crippen molar-refractivity contribution in [3.8, 4) is 5.75 Å². The van der Waals surface area contributed by atoms with Crippen LogP contribution >= 0.6 is 0 Å². The van der Waals surface area contributed by atoms with Crippen molar-refractivity contribution in [2.45, 2.75) is 24.8 Å². The van der Waals surface area contributed by atoms with Crippen LogP contribution in [0.25, 0.3) is 0 Å². The number of anilines is 1. The zero-order chi connectivity index (χ0) is 19.8. The maximum Gasteiger partial charge on any atom is 0.265 e.